The number of carbonyl (C=O) groups is 1. The van der Waals surface area contributed by atoms with Crippen LogP contribution in [-0.2, 0) is 11.3 Å². The van der Waals surface area contributed by atoms with E-state index < -0.39 is 11.9 Å². The number of hydrogen-bond acceptors (Lipinski definition) is 2. The van der Waals surface area contributed by atoms with Crippen LogP contribution in [0.15, 0.2) is 0 Å². The van der Waals surface area contributed by atoms with Crippen LogP contribution in [0.25, 0.3) is 0 Å². The van der Waals surface area contributed by atoms with E-state index in [-0.39, 0.29) is 0 Å². The third-order valence-electron chi connectivity index (χ3n) is 2.78. The SMILES string of the molecule is Cc1nn(CC(C)C)c(C)c1C(C)C(=O)O. The zero-order chi connectivity index (χ0) is 12.5. The van der Waals surface area contributed by atoms with Crippen molar-refractivity contribution in [3.8, 4) is 0 Å². The minimum Gasteiger partial charge on any atom is -0.481 e. The van der Waals surface area contributed by atoms with E-state index >= 15 is 0 Å². The van der Waals surface area contributed by atoms with E-state index in [0.717, 1.165) is 23.5 Å². The zero-order valence-corrected chi connectivity index (χ0v) is 10.6. The Labute approximate surface area is 96.3 Å². The van der Waals surface area contributed by atoms with Crippen molar-refractivity contribution in [2.75, 3.05) is 0 Å². The van der Waals surface area contributed by atoms with Crippen molar-refractivity contribution < 1.29 is 9.90 Å². The van der Waals surface area contributed by atoms with Crippen molar-refractivity contribution in [1.29, 1.82) is 0 Å². The van der Waals surface area contributed by atoms with Gasteiger partial charge in [-0.25, -0.2) is 0 Å². The molecule has 0 aliphatic heterocycles. The number of hydrogen-bond donors (Lipinski definition) is 1. The topological polar surface area (TPSA) is 55.1 Å². The summed E-state index contributed by atoms with van der Waals surface area (Å²) in [5.41, 5.74) is 2.65. The summed E-state index contributed by atoms with van der Waals surface area (Å²) in [4.78, 5) is 11.0. The molecule has 16 heavy (non-hydrogen) atoms. The normalized spacial score (nSPS) is 13.1. The Morgan fingerprint density at radius 2 is 1.94 bits per heavy atom. The highest BCUT2D eigenvalue weighted by Crippen LogP contribution is 2.23. The molecule has 0 saturated carbocycles. The first kappa shape index (κ1) is 12.7. The van der Waals surface area contributed by atoms with Gasteiger partial charge >= 0.3 is 5.97 Å². The Morgan fingerprint density at radius 3 is 2.38 bits per heavy atom. The number of nitrogens with zero attached hydrogens (tertiary/aromatic N) is 2. The average molecular weight is 224 g/mol. The van der Waals surface area contributed by atoms with Crippen LogP contribution in [0.4, 0.5) is 0 Å². The second-order valence-electron chi connectivity index (χ2n) is 4.72. The lowest BCUT2D eigenvalue weighted by Crippen LogP contribution is -2.11. The minimum atomic E-state index is -0.796. The zero-order valence-electron chi connectivity index (χ0n) is 10.6. The van der Waals surface area contributed by atoms with E-state index in [1.165, 1.54) is 0 Å². The summed E-state index contributed by atoms with van der Waals surface area (Å²) in [6.07, 6.45) is 0. The van der Waals surface area contributed by atoms with E-state index in [1.54, 1.807) is 6.92 Å². The predicted octanol–water partition coefficient (Wildman–Crippen LogP) is 2.34. The Kier molecular flexibility index (Phi) is 3.73. The van der Waals surface area contributed by atoms with E-state index in [4.69, 9.17) is 5.11 Å². The molecule has 4 nitrogen and oxygen atoms in total. The molecule has 1 N–H and O–H groups in total. The van der Waals surface area contributed by atoms with Gasteiger partial charge in [0.1, 0.15) is 0 Å². The molecule has 90 valence electrons. The maximum Gasteiger partial charge on any atom is 0.310 e. The molecule has 0 aliphatic carbocycles. The lowest BCUT2D eigenvalue weighted by molar-refractivity contribution is -0.138. The summed E-state index contributed by atoms with van der Waals surface area (Å²) in [6.45, 7) is 10.6. The van der Waals surface area contributed by atoms with E-state index in [2.05, 4.69) is 18.9 Å². The number of rotatable bonds is 4. The lowest BCUT2D eigenvalue weighted by Gasteiger charge is -2.09. The molecule has 1 rings (SSSR count). The molecule has 4 heteroatoms. The van der Waals surface area contributed by atoms with Crippen molar-refractivity contribution in [1.82, 2.24) is 9.78 Å². The Bertz CT molecular complexity index is 394. The van der Waals surface area contributed by atoms with Crippen LogP contribution in [0, 0.1) is 19.8 Å². The Morgan fingerprint density at radius 1 is 1.38 bits per heavy atom. The van der Waals surface area contributed by atoms with Gasteiger partial charge in [-0.15, -0.1) is 0 Å². The van der Waals surface area contributed by atoms with Crippen LogP contribution in [0.3, 0.4) is 0 Å². The second-order valence-corrected chi connectivity index (χ2v) is 4.72. The monoisotopic (exact) mass is 224 g/mol. The van der Waals surface area contributed by atoms with Gasteiger partial charge in [-0.1, -0.05) is 13.8 Å². The summed E-state index contributed by atoms with van der Waals surface area (Å²) < 4.78 is 1.91. The van der Waals surface area contributed by atoms with E-state index in [9.17, 15) is 4.79 Å². The third-order valence-corrected chi connectivity index (χ3v) is 2.78. The third kappa shape index (κ3) is 2.43. The number of carboxylic acid groups (broad SMARTS) is 1. The van der Waals surface area contributed by atoms with Gasteiger partial charge in [-0.05, 0) is 26.7 Å². The predicted molar refractivity (Wildman–Crippen MR) is 62.6 cm³/mol. The van der Waals surface area contributed by atoms with Crippen LogP contribution < -0.4 is 0 Å². The van der Waals surface area contributed by atoms with Crippen LogP contribution in [0.2, 0.25) is 0 Å². The molecule has 0 radical (unpaired) electrons. The maximum absolute atomic E-state index is 11.0. The molecule has 0 aromatic carbocycles. The maximum atomic E-state index is 11.0. The molecule has 1 atom stereocenters. The largest absolute Gasteiger partial charge is 0.481 e. The van der Waals surface area contributed by atoms with E-state index in [1.807, 2.05) is 18.5 Å². The fraction of sp³-hybridized carbons (Fsp3) is 0.667. The number of aryl methyl sites for hydroxylation is 1. The van der Waals surface area contributed by atoms with Gasteiger partial charge < -0.3 is 5.11 Å². The smallest absolute Gasteiger partial charge is 0.310 e. The molecule has 0 fully saturated rings. The highest BCUT2D eigenvalue weighted by atomic mass is 16.4. The molecular weight excluding hydrogens is 204 g/mol. The minimum absolute atomic E-state index is 0.485. The van der Waals surface area contributed by atoms with Crippen molar-refractivity contribution in [3.05, 3.63) is 17.0 Å². The quantitative estimate of drug-likeness (QED) is 0.854. The molecule has 0 aliphatic rings. The first-order valence-corrected chi connectivity index (χ1v) is 5.61. The number of carboxylic acids is 1. The first-order chi connectivity index (χ1) is 7.34. The van der Waals surface area contributed by atoms with Gasteiger partial charge in [0.15, 0.2) is 0 Å². The van der Waals surface area contributed by atoms with Gasteiger partial charge in [-0.3, -0.25) is 9.48 Å². The second kappa shape index (κ2) is 4.68. The van der Waals surface area contributed by atoms with Gasteiger partial charge in [0, 0.05) is 17.8 Å². The van der Waals surface area contributed by atoms with Crippen molar-refractivity contribution in [2.45, 2.75) is 47.1 Å². The fourth-order valence-corrected chi connectivity index (χ4v) is 1.98. The Balaban J connectivity index is 3.11. The molecule has 0 spiro atoms. The molecule has 0 amide bonds. The molecule has 1 aromatic rings. The number of aromatic nitrogens is 2. The van der Waals surface area contributed by atoms with E-state index in [0.29, 0.717) is 5.92 Å². The van der Waals surface area contributed by atoms with Crippen LogP contribution in [0.1, 0.15) is 43.6 Å². The van der Waals surface area contributed by atoms with Gasteiger partial charge in [-0.2, -0.15) is 5.10 Å². The van der Waals surface area contributed by atoms with Crippen LogP contribution in [-0.4, -0.2) is 20.9 Å². The average Bonchev–Trinajstić information content (AvgIpc) is 2.40. The Hall–Kier alpha value is -1.32. The van der Waals surface area contributed by atoms with Crippen LogP contribution in [0.5, 0.6) is 0 Å². The molecule has 0 bridgehead atoms. The summed E-state index contributed by atoms with van der Waals surface area (Å²) in [6, 6.07) is 0. The van der Waals surface area contributed by atoms with Gasteiger partial charge in [0.25, 0.3) is 0 Å². The molecular formula is C12H20N2O2. The molecule has 1 heterocycles. The lowest BCUT2D eigenvalue weighted by atomic mass is 9.99. The van der Waals surface area contributed by atoms with Crippen molar-refractivity contribution >= 4 is 5.97 Å². The fourth-order valence-electron chi connectivity index (χ4n) is 1.98. The van der Waals surface area contributed by atoms with Gasteiger partial charge in [0.05, 0.1) is 11.6 Å². The van der Waals surface area contributed by atoms with Crippen molar-refractivity contribution in [2.24, 2.45) is 5.92 Å². The summed E-state index contributed by atoms with van der Waals surface area (Å²) in [5.74, 6) is -0.776. The van der Waals surface area contributed by atoms with Crippen LogP contribution >= 0.6 is 0 Å². The highest BCUT2D eigenvalue weighted by Gasteiger charge is 2.22. The summed E-state index contributed by atoms with van der Waals surface area (Å²) in [7, 11) is 0. The molecule has 0 saturated heterocycles. The summed E-state index contributed by atoms with van der Waals surface area (Å²) in [5, 5.41) is 13.4. The highest BCUT2D eigenvalue weighted by molar-refractivity contribution is 5.76. The summed E-state index contributed by atoms with van der Waals surface area (Å²) >= 11 is 0. The van der Waals surface area contributed by atoms with Gasteiger partial charge in [0.2, 0.25) is 0 Å². The molecule has 1 unspecified atom stereocenters. The first-order valence-electron chi connectivity index (χ1n) is 5.61. The number of aliphatic carboxylic acids is 1. The van der Waals surface area contributed by atoms with Crippen molar-refractivity contribution in [3.63, 3.8) is 0 Å². The molecule has 1 aromatic heterocycles. The standard InChI is InChI=1S/C12H20N2O2/c1-7(2)6-14-10(5)11(9(4)13-14)8(3)12(15)16/h7-8H,6H2,1-5H3,(H,15,16).